The van der Waals surface area contributed by atoms with Crippen LogP contribution < -0.4 is 14.5 Å². The number of amides is 2. The number of thiazole rings is 1. The third kappa shape index (κ3) is 4.55. The second-order valence-electron chi connectivity index (χ2n) is 7.86. The van der Waals surface area contributed by atoms with Crippen LogP contribution in [0.1, 0.15) is 6.42 Å². The van der Waals surface area contributed by atoms with Crippen LogP contribution in [0.4, 0.5) is 10.8 Å². The molecule has 31 heavy (non-hydrogen) atoms. The Kier molecular flexibility index (Phi) is 6.20. The molecule has 162 valence electrons. The minimum Gasteiger partial charge on any atom is -0.497 e. The third-order valence-electron chi connectivity index (χ3n) is 5.39. The van der Waals surface area contributed by atoms with Gasteiger partial charge in [-0.25, -0.2) is 4.98 Å². The molecule has 0 spiro atoms. The first kappa shape index (κ1) is 21.3. The minimum absolute atomic E-state index is 0.0221. The van der Waals surface area contributed by atoms with Gasteiger partial charge in [0.15, 0.2) is 5.13 Å². The number of rotatable bonds is 7. The molecule has 1 aromatic heterocycles. The van der Waals surface area contributed by atoms with Crippen molar-refractivity contribution in [2.45, 2.75) is 6.42 Å². The molecule has 1 unspecified atom stereocenters. The van der Waals surface area contributed by atoms with Crippen molar-refractivity contribution in [3.63, 3.8) is 0 Å². The topological polar surface area (TPSA) is 66.0 Å². The van der Waals surface area contributed by atoms with E-state index in [0.717, 1.165) is 21.7 Å². The van der Waals surface area contributed by atoms with Crippen LogP contribution in [0.3, 0.4) is 0 Å². The zero-order valence-electron chi connectivity index (χ0n) is 17.9. The number of ether oxygens (including phenoxy) is 1. The molecule has 1 aliphatic rings. The summed E-state index contributed by atoms with van der Waals surface area (Å²) in [5.74, 6) is 0.288. The van der Waals surface area contributed by atoms with Crippen LogP contribution in [0.5, 0.6) is 5.75 Å². The van der Waals surface area contributed by atoms with E-state index in [2.05, 4.69) is 0 Å². The summed E-state index contributed by atoms with van der Waals surface area (Å²) >= 11 is 1.47. The number of fused-ring (bicyclic) bond motifs is 1. The number of hydrogen-bond donors (Lipinski definition) is 0. The summed E-state index contributed by atoms with van der Waals surface area (Å²) in [6.07, 6.45) is 0.213. The number of benzene rings is 2. The molecule has 1 saturated heterocycles. The molecule has 2 heterocycles. The molecule has 2 amide bonds. The highest BCUT2D eigenvalue weighted by Crippen LogP contribution is 2.33. The molecule has 0 radical (unpaired) electrons. The van der Waals surface area contributed by atoms with Crippen LogP contribution in [0, 0.1) is 5.92 Å². The number of carbonyl (C=O) groups is 2. The number of likely N-dealkylation sites (N-methyl/N-ethyl adjacent to an activating group) is 1. The van der Waals surface area contributed by atoms with Crippen LogP contribution in [-0.4, -0.2) is 62.5 Å². The highest BCUT2D eigenvalue weighted by Gasteiger charge is 2.38. The Hall–Kier alpha value is -2.97. The van der Waals surface area contributed by atoms with Gasteiger partial charge in [0, 0.05) is 31.7 Å². The van der Waals surface area contributed by atoms with Crippen molar-refractivity contribution in [1.29, 1.82) is 0 Å². The Morgan fingerprint density at radius 1 is 1.19 bits per heavy atom. The molecule has 1 fully saturated rings. The SMILES string of the molecule is COc1ccc2nc(N(CCN(C)C)C(=O)C3CC(=O)N(c4ccccc4)C3)sc2c1. The minimum atomic E-state index is -0.392. The summed E-state index contributed by atoms with van der Waals surface area (Å²) in [6.45, 7) is 1.60. The van der Waals surface area contributed by atoms with Crippen LogP contribution in [0.25, 0.3) is 10.2 Å². The van der Waals surface area contributed by atoms with Crippen molar-refractivity contribution < 1.29 is 14.3 Å². The number of aromatic nitrogens is 1. The zero-order valence-corrected chi connectivity index (χ0v) is 18.8. The van der Waals surface area contributed by atoms with Gasteiger partial charge < -0.3 is 14.5 Å². The van der Waals surface area contributed by atoms with Gasteiger partial charge in [0.1, 0.15) is 5.75 Å². The maximum Gasteiger partial charge on any atom is 0.234 e. The number of anilines is 2. The van der Waals surface area contributed by atoms with E-state index in [1.54, 1.807) is 16.9 Å². The predicted octanol–water partition coefficient (Wildman–Crippen LogP) is 3.25. The molecular formula is C23H26N4O3S. The monoisotopic (exact) mass is 438 g/mol. The average molecular weight is 439 g/mol. The lowest BCUT2D eigenvalue weighted by atomic mass is 10.1. The van der Waals surface area contributed by atoms with Crippen molar-refractivity contribution in [3.8, 4) is 5.75 Å². The Balaban J connectivity index is 1.60. The van der Waals surface area contributed by atoms with E-state index in [0.29, 0.717) is 24.8 Å². The molecular weight excluding hydrogens is 412 g/mol. The number of methoxy groups -OCH3 is 1. The smallest absolute Gasteiger partial charge is 0.234 e. The van der Waals surface area contributed by atoms with E-state index >= 15 is 0 Å². The fraction of sp³-hybridized carbons (Fsp3) is 0.348. The fourth-order valence-corrected chi connectivity index (χ4v) is 4.71. The first-order chi connectivity index (χ1) is 15.0. The van der Waals surface area contributed by atoms with Gasteiger partial charge >= 0.3 is 0 Å². The molecule has 7 nitrogen and oxygen atoms in total. The van der Waals surface area contributed by atoms with Gasteiger partial charge in [0.2, 0.25) is 11.8 Å². The third-order valence-corrected chi connectivity index (χ3v) is 6.44. The first-order valence-corrected chi connectivity index (χ1v) is 11.0. The van der Waals surface area contributed by atoms with Gasteiger partial charge in [-0.3, -0.25) is 14.5 Å². The fourth-order valence-electron chi connectivity index (χ4n) is 3.69. The van der Waals surface area contributed by atoms with E-state index in [1.807, 2.05) is 67.5 Å². The first-order valence-electron chi connectivity index (χ1n) is 10.2. The summed E-state index contributed by atoms with van der Waals surface area (Å²) in [7, 11) is 5.58. The Morgan fingerprint density at radius 3 is 2.68 bits per heavy atom. The highest BCUT2D eigenvalue weighted by atomic mass is 32.1. The van der Waals surface area contributed by atoms with Crippen LogP contribution in [-0.2, 0) is 9.59 Å². The molecule has 2 aromatic carbocycles. The Morgan fingerprint density at radius 2 is 1.97 bits per heavy atom. The van der Waals surface area contributed by atoms with Gasteiger partial charge in [-0.2, -0.15) is 0 Å². The largest absolute Gasteiger partial charge is 0.497 e. The van der Waals surface area contributed by atoms with E-state index in [4.69, 9.17) is 9.72 Å². The molecule has 8 heteroatoms. The zero-order chi connectivity index (χ0) is 22.0. The lowest BCUT2D eigenvalue weighted by molar-refractivity contribution is -0.124. The maximum atomic E-state index is 13.6. The molecule has 4 rings (SSSR count). The molecule has 1 aliphatic heterocycles. The number of nitrogens with zero attached hydrogens (tertiary/aromatic N) is 4. The van der Waals surface area contributed by atoms with Gasteiger partial charge in [0.05, 0.1) is 23.2 Å². The Labute approximate surface area is 185 Å². The van der Waals surface area contributed by atoms with Gasteiger partial charge in [-0.15, -0.1) is 0 Å². The van der Waals surface area contributed by atoms with Gasteiger partial charge in [-0.1, -0.05) is 29.5 Å². The van der Waals surface area contributed by atoms with Crippen LogP contribution in [0.15, 0.2) is 48.5 Å². The second-order valence-corrected chi connectivity index (χ2v) is 8.87. The normalized spacial score (nSPS) is 16.3. The van der Waals surface area contributed by atoms with Crippen molar-refractivity contribution >= 4 is 44.2 Å². The summed E-state index contributed by atoms with van der Waals surface area (Å²) < 4.78 is 6.28. The summed E-state index contributed by atoms with van der Waals surface area (Å²) in [5.41, 5.74) is 1.66. The van der Waals surface area contributed by atoms with Crippen LogP contribution >= 0.6 is 11.3 Å². The summed E-state index contributed by atoms with van der Waals surface area (Å²) in [5, 5.41) is 0.653. The molecule has 0 N–H and O–H groups in total. The molecule has 0 aliphatic carbocycles. The van der Waals surface area contributed by atoms with E-state index in [-0.39, 0.29) is 18.2 Å². The summed E-state index contributed by atoms with van der Waals surface area (Å²) in [6, 6.07) is 15.2. The lowest BCUT2D eigenvalue weighted by Gasteiger charge is -2.24. The number of carbonyl (C=O) groups excluding carboxylic acids is 2. The average Bonchev–Trinajstić information content (AvgIpc) is 3.37. The van der Waals surface area contributed by atoms with Crippen LogP contribution in [0.2, 0.25) is 0 Å². The van der Waals surface area contributed by atoms with Crippen molar-refractivity contribution in [2.24, 2.45) is 5.92 Å². The Bertz CT molecular complexity index is 1080. The summed E-state index contributed by atoms with van der Waals surface area (Å²) in [4.78, 5) is 36.4. The molecule has 0 saturated carbocycles. The quantitative estimate of drug-likeness (QED) is 0.567. The molecule has 3 aromatic rings. The van der Waals surface area contributed by atoms with Crippen molar-refractivity contribution in [1.82, 2.24) is 9.88 Å². The van der Waals surface area contributed by atoms with Gasteiger partial charge in [0.25, 0.3) is 0 Å². The van der Waals surface area contributed by atoms with Crippen molar-refractivity contribution in [3.05, 3.63) is 48.5 Å². The van der Waals surface area contributed by atoms with E-state index < -0.39 is 5.92 Å². The lowest BCUT2D eigenvalue weighted by Crippen LogP contribution is -2.41. The number of para-hydroxylation sites is 1. The maximum absolute atomic E-state index is 13.6. The number of hydrogen-bond acceptors (Lipinski definition) is 6. The van der Waals surface area contributed by atoms with E-state index in [1.165, 1.54) is 11.3 Å². The second kappa shape index (κ2) is 9.03. The van der Waals surface area contributed by atoms with E-state index in [9.17, 15) is 9.59 Å². The molecule has 0 bridgehead atoms. The highest BCUT2D eigenvalue weighted by molar-refractivity contribution is 7.22. The van der Waals surface area contributed by atoms with Gasteiger partial charge in [-0.05, 0) is 44.4 Å². The molecule has 1 atom stereocenters. The predicted molar refractivity (Wildman–Crippen MR) is 124 cm³/mol. The van der Waals surface area contributed by atoms with Crippen molar-refractivity contribution in [2.75, 3.05) is 50.6 Å². The standard InChI is InChI=1S/C23H26N4O3S/c1-25(2)11-12-26(23-24-19-10-9-18(30-3)14-20(19)31-23)22(29)16-13-21(28)27(15-16)17-7-5-4-6-8-17/h4-10,14,16H,11-13,15H2,1-3H3.